The van der Waals surface area contributed by atoms with Crippen molar-refractivity contribution in [1.29, 1.82) is 0 Å². The second kappa shape index (κ2) is 5.49. The summed E-state index contributed by atoms with van der Waals surface area (Å²) in [5.74, 6) is -3.13. The summed E-state index contributed by atoms with van der Waals surface area (Å²) in [4.78, 5) is 21.5. The number of carbonyl (C=O) groups excluding carboxylic acids is 1. The molecule has 0 spiro atoms. The number of nitro benzene ring substituents is 1. The fourth-order valence-electron chi connectivity index (χ4n) is 1.91. The maximum Gasteiger partial charge on any atom is 0.296 e. The molecule has 0 aliphatic heterocycles. The molecule has 1 amide bonds. The molecule has 1 atom stereocenters. The van der Waals surface area contributed by atoms with E-state index in [9.17, 15) is 23.7 Å². The molecule has 1 aromatic carbocycles. The molecule has 1 unspecified atom stereocenters. The maximum absolute atomic E-state index is 13.6. The first-order valence-corrected chi connectivity index (χ1v) is 6.08. The minimum absolute atomic E-state index is 0.0855. The molecule has 1 aromatic rings. The van der Waals surface area contributed by atoms with Crippen molar-refractivity contribution in [3.63, 3.8) is 0 Å². The molecule has 1 aliphatic rings. The minimum atomic E-state index is -1.45. The van der Waals surface area contributed by atoms with Crippen LogP contribution in [0.3, 0.4) is 0 Å². The average molecular weight is 285 g/mol. The van der Waals surface area contributed by atoms with Crippen molar-refractivity contribution in [2.75, 3.05) is 5.32 Å². The van der Waals surface area contributed by atoms with Gasteiger partial charge in [0.05, 0.1) is 4.92 Å². The number of benzene rings is 1. The van der Waals surface area contributed by atoms with E-state index in [0.29, 0.717) is 6.07 Å². The summed E-state index contributed by atoms with van der Waals surface area (Å²) < 4.78 is 26.7. The summed E-state index contributed by atoms with van der Waals surface area (Å²) in [6, 6.07) is 1.07. The number of nitrogens with two attached hydrogens (primary N) is 1. The second-order valence-electron chi connectivity index (χ2n) is 4.77. The molecule has 2 rings (SSSR count). The zero-order valence-electron chi connectivity index (χ0n) is 10.4. The number of anilines is 1. The van der Waals surface area contributed by atoms with Gasteiger partial charge in [-0.2, -0.15) is 0 Å². The van der Waals surface area contributed by atoms with E-state index in [1.54, 1.807) is 0 Å². The van der Waals surface area contributed by atoms with Gasteiger partial charge in [0.15, 0.2) is 17.3 Å². The van der Waals surface area contributed by atoms with Gasteiger partial charge in [-0.3, -0.25) is 14.9 Å². The third-order valence-corrected chi connectivity index (χ3v) is 3.18. The number of rotatable bonds is 5. The first kappa shape index (κ1) is 14.3. The van der Waals surface area contributed by atoms with Gasteiger partial charge in [-0.25, -0.2) is 8.78 Å². The normalized spacial score (nSPS) is 15.8. The summed E-state index contributed by atoms with van der Waals surface area (Å²) in [6.07, 6.45) is 1.78. The standard InChI is InChI=1S/C12H13F2N3O3/c13-7-3-4-9(17(19)20)12(11(7)14)16-10(18)5-8(15)6-1-2-6/h3-4,6,8H,1-2,5,15H2,(H,16,18). The first-order valence-electron chi connectivity index (χ1n) is 6.08. The fourth-order valence-corrected chi connectivity index (χ4v) is 1.91. The molecule has 0 radical (unpaired) electrons. The predicted octanol–water partition coefficient (Wildman–Crippen LogP) is 1.94. The number of amides is 1. The van der Waals surface area contributed by atoms with Crippen LogP contribution < -0.4 is 11.1 Å². The van der Waals surface area contributed by atoms with Crippen LogP contribution in [-0.2, 0) is 4.79 Å². The Hall–Kier alpha value is -2.09. The van der Waals surface area contributed by atoms with Gasteiger partial charge in [-0.05, 0) is 24.8 Å². The van der Waals surface area contributed by atoms with E-state index in [2.05, 4.69) is 0 Å². The lowest BCUT2D eigenvalue weighted by Gasteiger charge is -2.11. The number of carbonyl (C=O) groups is 1. The molecule has 1 aliphatic carbocycles. The molecule has 8 heteroatoms. The van der Waals surface area contributed by atoms with Gasteiger partial charge in [-0.1, -0.05) is 0 Å². The highest BCUT2D eigenvalue weighted by molar-refractivity contribution is 5.93. The van der Waals surface area contributed by atoms with Crippen LogP contribution in [0.2, 0.25) is 0 Å². The van der Waals surface area contributed by atoms with E-state index in [1.807, 2.05) is 5.32 Å². The fraction of sp³-hybridized carbons (Fsp3) is 0.417. The van der Waals surface area contributed by atoms with Crippen LogP contribution in [0.5, 0.6) is 0 Å². The Labute approximate surface area is 113 Å². The van der Waals surface area contributed by atoms with Crippen LogP contribution in [-0.4, -0.2) is 16.9 Å². The van der Waals surface area contributed by atoms with Crippen LogP contribution in [0.25, 0.3) is 0 Å². The van der Waals surface area contributed by atoms with Gasteiger partial charge in [0.25, 0.3) is 5.69 Å². The lowest BCUT2D eigenvalue weighted by molar-refractivity contribution is -0.384. The minimum Gasteiger partial charge on any atom is -0.327 e. The number of nitrogens with zero attached hydrogens (tertiary/aromatic N) is 1. The largest absolute Gasteiger partial charge is 0.327 e. The lowest BCUT2D eigenvalue weighted by Crippen LogP contribution is -2.29. The summed E-state index contributed by atoms with van der Waals surface area (Å²) in [6.45, 7) is 0. The monoisotopic (exact) mass is 285 g/mol. The zero-order valence-corrected chi connectivity index (χ0v) is 10.4. The molecule has 1 fully saturated rings. The Morgan fingerprint density at radius 2 is 2.15 bits per heavy atom. The maximum atomic E-state index is 13.6. The van der Waals surface area contributed by atoms with Crippen molar-refractivity contribution in [3.8, 4) is 0 Å². The Kier molecular flexibility index (Phi) is 3.93. The number of nitrogens with one attached hydrogen (secondary N) is 1. The van der Waals surface area contributed by atoms with Crippen molar-refractivity contribution < 1.29 is 18.5 Å². The van der Waals surface area contributed by atoms with Crippen LogP contribution in [0.4, 0.5) is 20.2 Å². The van der Waals surface area contributed by atoms with E-state index < -0.39 is 33.8 Å². The van der Waals surface area contributed by atoms with Crippen LogP contribution >= 0.6 is 0 Å². The van der Waals surface area contributed by atoms with E-state index in [-0.39, 0.29) is 18.4 Å². The molecule has 6 nitrogen and oxygen atoms in total. The summed E-state index contributed by atoms with van der Waals surface area (Å²) in [7, 11) is 0. The van der Waals surface area contributed by atoms with Crippen LogP contribution in [0.1, 0.15) is 19.3 Å². The van der Waals surface area contributed by atoms with Crippen molar-refractivity contribution in [2.24, 2.45) is 11.7 Å². The second-order valence-corrected chi connectivity index (χ2v) is 4.77. The SMILES string of the molecule is NC(CC(=O)Nc1c([N+](=O)[O-])ccc(F)c1F)C1CC1. The highest BCUT2D eigenvalue weighted by atomic mass is 19.2. The average Bonchev–Trinajstić information content (AvgIpc) is 3.18. The number of nitro groups is 1. The quantitative estimate of drug-likeness (QED) is 0.638. The lowest BCUT2D eigenvalue weighted by atomic mass is 10.1. The highest BCUT2D eigenvalue weighted by Crippen LogP contribution is 2.33. The zero-order chi connectivity index (χ0) is 14.9. The van der Waals surface area contributed by atoms with Gasteiger partial charge in [0.2, 0.25) is 5.91 Å². The predicted molar refractivity (Wildman–Crippen MR) is 67.0 cm³/mol. The van der Waals surface area contributed by atoms with Crippen molar-refractivity contribution in [2.45, 2.75) is 25.3 Å². The number of halogens is 2. The summed E-state index contributed by atoms with van der Waals surface area (Å²) >= 11 is 0. The smallest absolute Gasteiger partial charge is 0.296 e. The van der Waals surface area contributed by atoms with E-state index in [0.717, 1.165) is 18.9 Å². The van der Waals surface area contributed by atoms with Gasteiger partial charge in [-0.15, -0.1) is 0 Å². The summed E-state index contributed by atoms with van der Waals surface area (Å²) in [5.41, 5.74) is 4.28. The van der Waals surface area contributed by atoms with Crippen molar-refractivity contribution in [1.82, 2.24) is 0 Å². The van der Waals surface area contributed by atoms with E-state index >= 15 is 0 Å². The van der Waals surface area contributed by atoms with Crippen molar-refractivity contribution >= 4 is 17.3 Å². The molecule has 20 heavy (non-hydrogen) atoms. The van der Waals surface area contributed by atoms with Gasteiger partial charge < -0.3 is 11.1 Å². The van der Waals surface area contributed by atoms with E-state index in [4.69, 9.17) is 5.73 Å². The molecule has 0 bridgehead atoms. The molecular weight excluding hydrogens is 272 g/mol. The molecular formula is C12H13F2N3O3. The summed E-state index contributed by atoms with van der Waals surface area (Å²) in [5, 5.41) is 12.8. The van der Waals surface area contributed by atoms with Crippen molar-refractivity contribution in [3.05, 3.63) is 33.9 Å². The molecule has 1 saturated carbocycles. The van der Waals surface area contributed by atoms with Gasteiger partial charge >= 0.3 is 0 Å². The van der Waals surface area contributed by atoms with Crippen LogP contribution in [0.15, 0.2) is 12.1 Å². The number of hydrogen-bond acceptors (Lipinski definition) is 4. The molecule has 0 saturated heterocycles. The van der Waals surface area contributed by atoms with Gasteiger partial charge in [0.1, 0.15) is 0 Å². The Morgan fingerprint density at radius 3 is 2.70 bits per heavy atom. The topological polar surface area (TPSA) is 98.3 Å². The van der Waals surface area contributed by atoms with E-state index in [1.165, 1.54) is 0 Å². The number of hydrogen-bond donors (Lipinski definition) is 2. The first-order chi connectivity index (χ1) is 9.40. The Bertz CT molecular complexity index is 561. The molecule has 0 aromatic heterocycles. The highest BCUT2D eigenvalue weighted by Gasteiger charge is 2.31. The molecule has 3 N–H and O–H groups in total. The third-order valence-electron chi connectivity index (χ3n) is 3.18. The molecule has 108 valence electrons. The van der Waals surface area contributed by atoms with Crippen LogP contribution in [0, 0.1) is 27.7 Å². The Morgan fingerprint density at radius 1 is 1.50 bits per heavy atom. The third kappa shape index (κ3) is 3.08. The Balaban J connectivity index is 2.16. The van der Waals surface area contributed by atoms with Gasteiger partial charge in [0, 0.05) is 18.5 Å². The molecule has 0 heterocycles.